The number of phenolic OH excluding ortho intramolecular Hbond substituents is 2. The molecule has 0 spiro atoms. The van der Waals surface area contributed by atoms with Crippen LogP contribution in [0.4, 0.5) is 11.4 Å². The number of methoxy groups -OCH3 is 1. The molecule has 0 atom stereocenters. The first-order valence-electron chi connectivity index (χ1n) is 11.5. The Morgan fingerprint density at radius 1 is 0.706 bits per heavy atom. The van der Waals surface area contributed by atoms with Gasteiger partial charge in [-0.2, -0.15) is 0 Å². The number of ether oxygens (including phenoxy) is 1. The summed E-state index contributed by atoms with van der Waals surface area (Å²) in [6.07, 6.45) is 3.32. The Morgan fingerprint density at radius 2 is 1.18 bits per heavy atom. The van der Waals surface area contributed by atoms with E-state index in [-0.39, 0.29) is 11.5 Å². The van der Waals surface area contributed by atoms with Crippen LogP contribution >= 0.6 is 0 Å². The van der Waals surface area contributed by atoms with Crippen molar-refractivity contribution in [2.75, 3.05) is 7.11 Å². The molecule has 5 nitrogen and oxygen atoms in total. The number of phenols is 2. The highest BCUT2D eigenvalue weighted by Gasteiger charge is 2.10. The molecule has 0 aromatic heterocycles. The molecule has 34 heavy (non-hydrogen) atoms. The van der Waals surface area contributed by atoms with Gasteiger partial charge in [-0.05, 0) is 72.2 Å². The van der Waals surface area contributed by atoms with Crippen molar-refractivity contribution < 1.29 is 14.9 Å². The molecule has 0 aliphatic carbocycles. The van der Waals surface area contributed by atoms with E-state index in [0.717, 1.165) is 22.3 Å². The van der Waals surface area contributed by atoms with Gasteiger partial charge in [-0.15, -0.1) is 0 Å². The Balaban J connectivity index is 2.04. The van der Waals surface area contributed by atoms with E-state index >= 15 is 0 Å². The van der Waals surface area contributed by atoms with E-state index in [1.165, 1.54) is 0 Å². The number of rotatable bonds is 7. The lowest BCUT2D eigenvalue weighted by molar-refractivity contribution is 0.415. The van der Waals surface area contributed by atoms with Gasteiger partial charge in [0.1, 0.15) is 17.2 Å². The molecular formula is C29H34N2O3. The summed E-state index contributed by atoms with van der Waals surface area (Å²) in [5, 5.41) is 21.1. The monoisotopic (exact) mass is 458 g/mol. The number of nitrogens with zero attached hydrogens (tertiary/aromatic N) is 2. The number of benzene rings is 3. The highest BCUT2D eigenvalue weighted by molar-refractivity contribution is 5.90. The molecule has 0 heterocycles. The van der Waals surface area contributed by atoms with Crippen LogP contribution in [0.15, 0.2) is 52.4 Å². The fraction of sp³-hybridized carbons (Fsp3) is 0.310. The van der Waals surface area contributed by atoms with Crippen LogP contribution in [0.5, 0.6) is 17.2 Å². The Morgan fingerprint density at radius 3 is 1.62 bits per heavy atom. The minimum absolute atomic E-state index is 0.215. The van der Waals surface area contributed by atoms with Gasteiger partial charge in [0.2, 0.25) is 0 Å². The van der Waals surface area contributed by atoms with Crippen molar-refractivity contribution in [2.24, 2.45) is 9.98 Å². The predicted octanol–water partition coefficient (Wildman–Crippen LogP) is 7.47. The zero-order chi connectivity index (χ0) is 25.0. The van der Waals surface area contributed by atoms with Crippen molar-refractivity contribution in [1.29, 1.82) is 0 Å². The highest BCUT2D eigenvalue weighted by Crippen LogP contribution is 2.34. The summed E-state index contributed by atoms with van der Waals surface area (Å²) in [7, 11) is 1.60. The third-order valence-corrected chi connectivity index (χ3v) is 5.91. The predicted molar refractivity (Wildman–Crippen MR) is 141 cm³/mol. The van der Waals surface area contributed by atoms with Gasteiger partial charge in [0.05, 0.1) is 18.5 Å². The zero-order valence-corrected chi connectivity index (χ0v) is 21.0. The van der Waals surface area contributed by atoms with Crippen LogP contribution in [0.3, 0.4) is 0 Å². The van der Waals surface area contributed by atoms with Crippen LogP contribution in [0.25, 0.3) is 0 Å². The van der Waals surface area contributed by atoms with Crippen LogP contribution in [-0.2, 0) is 0 Å². The maximum atomic E-state index is 10.6. The molecule has 3 aromatic rings. The molecule has 0 bridgehead atoms. The van der Waals surface area contributed by atoms with Crippen LogP contribution < -0.4 is 4.74 Å². The largest absolute Gasteiger partial charge is 0.507 e. The van der Waals surface area contributed by atoms with Crippen LogP contribution in [0, 0.1) is 13.8 Å². The standard InChI is InChI=1S/C29H34N2O3/c1-17(2)21-10-19(5)28(32)23(12-21)15-30-26-9-8-25(34-7)14-27(26)31-16-24-13-22(18(3)4)11-20(6)29(24)33/h8-18,32-33H,1-7H3. The molecule has 178 valence electrons. The molecule has 0 unspecified atom stereocenters. The van der Waals surface area contributed by atoms with Crippen LogP contribution in [0.1, 0.15) is 72.9 Å². The van der Waals surface area contributed by atoms with Gasteiger partial charge in [-0.1, -0.05) is 39.8 Å². The van der Waals surface area contributed by atoms with E-state index in [1.807, 2.05) is 50.2 Å². The second-order valence-electron chi connectivity index (χ2n) is 9.23. The lowest BCUT2D eigenvalue weighted by Crippen LogP contribution is -1.94. The van der Waals surface area contributed by atoms with Crippen molar-refractivity contribution in [3.63, 3.8) is 0 Å². The smallest absolute Gasteiger partial charge is 0.127 e. The highest BCUT2D eigenvalue weighted by atomic mass is 16.5. The summed E-state index contributed by atoms with van der Waals surface area (Å²) in [5.74, 6) is 1.76. The van der Waals surface area contributed by atoms with Crippen LogP contribution in [0.2, 0.25) is 0 Å². The Kier molecular flexibility index (Phi) is 7.77. The molecular weight excluding hydrogens is 424 g/mol. The normalized spacial score (nSPS) is 11.9. The number of aromatic hydroxyl groups is 2. The van der Waals surface area contributed by atoms with Crippen molar-refractivity contribution in [1.82, 2.24) is 0 Å². The van der Waals surface area contributed by atoms with Gasteiger partial charge in [-0.3, -0.25) is 9.98 Å². The van der Waals surface area contributed by atoms with Gasteiger partial charge in [0, 0.05) is 29.6 Å². The van der Waals surface area contributed by atoms with Gasteiger partial charge >= 0.3 is 0 Å². The topological polar surface area (TPSA) is 74.4 Å². The molecule has 0 amide bonds. The van der Waals surface area contributed by atoms with E-state index in [4.69, 9.17) is 4.74 Å². The van der Waals surface area contributed by atoms with E-state index in [0.29, 0.717) is 40.1 Å². The van der Waals surface area contributed by atoms with E-state index < -0.39 is 0 Å². The Bertz CT molecular complexity index is 1240. The first kappa shape index (κ1) is 25.0. The molecule has 0 saturated carbocycles. The first-order chi connectivity index (χ1) is 16.1. The average Bonchev–Trinajstić information content (AvgIpc) is 2.80. The molecule has 0 aliphatic heterocycles. The molecule has 3 aromatic carbocycles. The van der Waals surface area contributed by atoms with Crippen molar-refractivity contribution >= 4 is 23.8 Å². The zero-order valence-electron chi connectivity index (χ0n) is 21.0. The molecule has 2 N–H and O–H groups in total. The summed E-state index contributed by atoms with van der Waals surface area (Å²) in [5.41, 5.74) is 6.44. The summed E-state index contributed by atoms with van der Waals surface area (Å²) in [4.78, 5) is 9.28. The Labute approximate surface area is 202 Å². The molecule has 5 heteroatoms. The molecule has 0 radical (unpaired) electrons. The minimum Gasteiger partial charge on any atom is -0.507 e. The third kappa shape index (κ3) is 5.66. The van der Waals surface area contributed by atoms with E-state index in [9.17, 15) is 10.2 Å². The van der Waals surface area contributed by atoms with Gasteiger partial charge in [0.25, 0.3) is 0 Å². The first-order valence-corrected chi connectivity index (χ1v) is 11.5. The number of aliphatic imine (C=N–C) groups is 2. The van der Waals surface area contributed by atoms with Crippen LogP contribution in [-0.4, -0.2) is 29.8 Å². The molecule has 0 fully saturated rings. The number of hydrogen-bond donors (Lipinski definition) is 2. The fourth-order valence-corrected chi connectivity index (χ4v) is 3.66. The third-order valence-electron chi connectivity index (χ3n) is 5.91. The second-order valence-corrected chi connectivity index (χ2v) is 9.23. The van der Waals surface area contributed by atoms with Crippen molar-refractivity contribution in [3.8, 4) is 17.2 Å². The summed E-state index contributed by atoms with van der Waals surface area (Å²) in [6.45, 7) is 12.3. The number of aryl methyl sites for hydroxylation is 2. The minimum atomic E-state index is 0.215. The number of hydrogen-bond acceptors (Lipinski definition) is 5. The van der Waals surface area contributed by atoms with Gasteiger partial charge in [-0.25, -0.2) is 0 Å². The molecule has 0 saturated heterocycles. The lowest BCUT2D eigenvalue weighted by atomic mass is 9.97. The van der Waals surface area contributed by atoms with E-state index in [2.05, 4.69) is 37.7 Å². The lowest BCUT2D eigenvalue weighted by Gasteiger charge is -2.11. The summed E-state index contributed by atoms with van der Waals surface area (Å²) < 4.78 is 5.38. The Hall–Kier alpha value is -3.60. The molecule has 3 rings (SSSR count). The van der Waals surface area contributed by atoms with Gasteiger partial charge < -0.3 is 14.9 Å². The quantitative estimate of drug-likeness (QED) is 0.361. The maximum Gasteiger partial charge on any atom is 0.127 e. The average molecular weight is 459 g/mol. The fourth-order valence-electron chi connectivity index (χ4n) is 3.66. The summed E-state index contributed by atoms with van der Waals surface area (Å²) >= 11 is 0. The second kappa shape index (κ2) is 10.6. The van der Waals surface area contributed by atoms with Crippen molar-refractivity contribution in [2.45, 2.75) is 53.4 Å². The summed E-state index contributed by atoms with van der Waals surface area (Å²) in [6, 6.07) is 13.4. The SMILES string of the molecule is COc1ccc(N=Cc2cc(C(C)C)cc(C)c2O)c(N=Cc2cc(C(C)C)cc(C)c2O)c1. The van der Waals surface area contributed by atoms with E-state index in [1.54, 1.807) is 25.6 Å². The van der Waals surface area contributed by atoms with Crippen molar-refractivity contribution in [3.05, 3.63) is 75.8 Å². The maximum absolute atomic E-state index is 10.6. The molecule has 0 aliphatic rings. The van der Waals surface area contributed by atoms with Gasteiger partial charge in [0.15, 0.2) is 0 Å².